The van der Waals surface area contributed by atoms with Gasteiger partial charge in [0.25, 0.3) is 11.5 Å². The number of H-pyrrole nitrogens is 1. The van der Waals surface area contributed by atoms with Gasteiger partial charge < -0.3 is 5.32 Å². The highest BCUT2D eigenvalue weighted by Crippen LogP contribution is 2.16. The standard InChI is InChI=1S/C17H15F2N5O2/c1-3-11-8-15(25)22-17(20-11)24-14(6-9(2)23-24)21-16(26)10-4-5-12(18)13(19)7-10/h4-8H,3H2,1-2H3,(H,21,26)(H,20,22,25). The third-order valence-electron chi connectivity index (χ3n) is 3.60. The first-order valence-electron chi connectivity index (χ1n) is 7.81. The molecule has 2 N–H and O–H groups in total. The lowest BCUT2D eigenvalue weighted by atomic mass is 10.2. The SMILES string of the molecule is CCc1cc(=O)[nH]c(-n2nc(C)cc2NC(=O)c2ccc(F)c(F)c2)n1. The number of carbonyl (C=O) groups excluding carboxylic acids is 1. The van der Waals surface area contributed by atoms with Gasteiger partial charge in [-0.05, 0) is 31.5 Å². The Morgan fingerprint density at radius 1 is 1.23 bits per heavy atom. The highest BCUT2D eigenvalue weighted by Gasteiger charge is 2.15. The van der Waals surface area contributed by atoms with Crippen molar-refractivity contribution in [3.8, 4) is 5.95 Å². The van der Waals surface area contributed by atoms with Crippen molar-refractivity contribution in [2.45, 2.75) is 20.3 Å². The molecule has 9 heteroatoms. The number of nitrogens with zero attached hydrogens (tertiary/aromatic N) is 3. The Labute approximate surface area is 146 Å². The van der Waals surface area contributed by atoms with Gasteiger partial charge in [0, 0.05) is 23.4 Å². The molecule has 0 aliphatic heterocycles. The zero-order valence-corrected chi connectivity index (χ0v) is 14.0. The van der Waals surface area contributed by atoms with Crippen molar-refractivity contribution in [1.29, 1.82) is 0 Å². The number of anilines is 1. The number of rotatable bonds is 4. The summed E-state index contributed by atoms with van der Waals surface area (Å²) in [5.74, 6) is -2.44. The molecule has 0 aliphatic rings. The van der Waals surface area contributed by atoms with E-state index in [1.54, 1.807) is 13.0 Å². The maximum absolute atomic E-state index is 13.3. The second-order valence-electron chi connectivity index (χ2n) is 5.58. The molecule has 1 amide bonds. The van der Waals surface area contributed by atoms with E-state index >= 15 is 0 Å². The fourth-order valence-corrected chi connectivity index (χ4v) is 2.35. The van der Waals surface area contributed by atoms with E-state index in [-0.39, 0.29) is 22.9 Å². The van der Waals surface area contributed by atoms with Crippen molar-refractivity contribution in [2.75, 3.05) is 5.32 Å². The van der Waals surface area contributed by atoms with E-state index in [1.165, 1.54) is 16.8 Å². The monoisotopic (exact) mass is 359 g/mol. The highest BCUT2D eigenvalue weighted by atomic mass is 19.2. The molecule has 26 heavy (non-hydrogen) atoms. The molecule has 0 unspecified atom stereocenters. The first-order chi connectivity index (χ1) is 12.4. The largest absolute Gasteiger partial charge is 0.306 e. The molecule has 1 aromatic carbocycles. The average Bonchev–Trinajstić information content (AvgIpc) is 2.97. The Hall–Kier alpha value is -3.36. The Balaban J connectivity index is 1.97. The van der Waals surface area contributed by atoms with Gasteiger partial charge in [0.05, 0.1) is 5.69 Å². The zero-order chi connectivity index (χ0) is 18.8. The van der Waals surface area contributed by atoms with Gasteiger partial charge in [-0.1, -0.05) is 6.92 Å². The van der Waals surface area contributed by atoms with E-state index in [9.17, 15) is 18.4 Å². The molecule has 2 aromatic heterocycles. The predicted octanol–water partition coefficient (Wildman–Crippen LogP) is 2.36. The number of halogens is 2. The van der Waals surface area contributed by atoms with Gasteiger partial charge in [-0.3, -0.25) is 14.6 Å². The van der Waals surface area contributed by atoms with Crippen molar-refractivity contribution >= 4 is 11.7 Å². The molecular weight excluding hydrogens is 344 g/mol. The first kappa shape index (κ1) is 17.5. The minimum Gasteiger partial charge on any atom is -0.306 e. The van der Waals surface area contributed by atoms with Crippen molar-refractivity contribution in [1.82, 2.24) is 19.7 Å². The maximum atomic E-state index is 13.3. The molecule has 3 rings (SSSR count). The van der Waals surface area contributed by atoms with Crippen LogP contribution in [0.5, 0.6) is 0 Å². The van der Waals surface area contributed by atoms with Crippen LogP contribution < -0.4 is 10.9 Å². The first-order valence-corrected chi connectivity index (χ1v) is 7.81. The van der Waals surface area contributed by atoms with Crippen molar-refractivity contribution in [3.05, 3.63) is 69.3 Å². The molecule has 0 radical (unpaired) electrons. The van der Waals surface area contributed by atoms with E-state index < -0.39 is 17.5 Å². The summed E-state index contributed by atoms with van der Waals surface area (Å²) < 4.78 is 27.6. The van der Waals surface area contributed by atoms with Gasteiger partial charge in [-0.25, -0.2) is 13.8 Å². The van der Waals surface area contributed by atoms with Crippen LogP contribution in [0.25, 0.3) is 5.95 Å². The van der Waals surface area contributed by atoms with Gasteiger partial charge in [0.15, 0.2) is 11.6 Å². The van der Waals surface area contributed by atoms with Gasteiger partial charge in [0.2, 0.25) is 5.95 Å². The summed E-state index contributed by atoms with van der Waals surface area (Å²) in [6, 6.07) is 5.78. The summed E-state index contributed by atoms with van der Waals surface area (Å²) in [5.41, 5.74) is 0.723. The number of hydrogen-bond donors (Lipinski definition) is 2. The Morgan fingerprint density at radius 3 is 2.69 bits per heavy atom. The number of hydrogen-bond acceptors (Lipinski definition) is 4. The molecular formula is C17H15F2N5O2. The number of amides is 1. The van der Waals surface area contributed by atoms with E-state index in [2.05, 4.69) is 20.4 Å². The van der Waals surface area contributed by atoms with Crippen LogP contribution in [0.15, 0.2) is 35.1 Å². The van der Waals surface area contributed by atoms with Crippen LogP contribution in [-0.4, -0.2) is 25.7 Å². The lowest BCUT2D eigenvalue weighted by Crippen LogP contribution is -2.19. The molecule has 7 nitrogen and oxygen atoms in total. The summed E-state index contributed by atoms with van der Waals surface area (Å²) >= 11 is 0. The zero-order valence-electron chi connectivity index (χ0n) is 14.0. The number of aromatic amines is 1. The van der Waals surface area contributed by atoms with Crippen LogP contribution in [0.2, 0.25) is 0 Å². The van der Waals surface area contributed by atoms with Crippen LogP contribution in [0.3, 0.4) is 0 Å². The van der Waals surface area contributed by atoms with Crippen molar-refractivity contribution in [3.63, 3.8) is 0 Å². The Morgan fingerprint density at radius 2 is 2.00 bits per heavy atom. The predicted molar refractivity (Wildman–Crippen MR) is 90.4 cm³/mol. The van der Waals surface area contributed by atoms with Crippen molar-refractivity contribution < 1.29 is 13.6 Å². The van der Waals surface area contributed by atoms with E-state index in [0.717, 1.165) is 12.1 Å². The molecule has 0 fully saturated rings. The molecule has 0 aliphatic carbocycles. The van der Waals surface area contributed by atoms with Crippen LogP contribution in [-0.2, 0) is 6.42 Å². The maximum Gasteiger partial charge on any atom is 0.256 e. The van der Waals surface area contributed by atoms with E-state index in [1.807, 2.05) is 6.92 Å². The lowest BCUT2D eigenvalue weighted by Gasteiger charge is -2.09. The second-order valence-corrected chi connectivity index (χ2v) is 5.58. The fourth-order valence-electron chi connectivity index (χ4n) is 2.35. The molecule has 0 spiro atoms. The molecule has 0 atom stereocenters. The topological polar surface area (TPSA) is 92.7 Å². The fraction of sp³-hybridized carbons (Fsp3) is 0.176. The van der Waals surface area contributed by atoms with Gasteiger partial charge >= 0.3 is 0 Å². The van der Waals surface area contributed by atoms with Crippen LogP contribution in [0.1, 0.15) is 28.7 Å². The smallest absolute Gasteiger partial charge is 0.256 e. The molecule has 3 aromatic rings. The van der Waals surface area contributed by atoms with Crippen LogP contribution in [0.4, 0.5) is 14.6 Å². The van der Waals surface area contributed by atoms with Gasteiger partial charge in [-0.2, -0.15) is 9.78 Å². The van der Waals surface area contributed by atoms with Gasteiger partial charge in [-0.15, -0.1) is 0 Å². The molecule has 2 heterocycles. The van der Waals surface area contributed by atoms with Crippen LogP contribution in [0, 0.1) is 18.6 Å². The normalized spacial score (nSPS) is 10.8. The van der Waals surface area contributed by atoms with E-state index in [0.29, 0.717) is 17.8 Å². The number of nitrogens with one attached hydrogen (secondary N) is 2. The Bertz CT molecular complexity index is 1040. The van der Waals surface area contributed by atoms with Gasteiger partial charge in [0.1, 0.15) is 5.82 Å². The minimum absolute atomic E-state index is 0.0573. The number of aryl methyl sites for hydroxylation is 2. The third-order valence-corrected chi connectivity index (χ3v) is 3.60. The number of carbonyl (C=O) groups is 1. The summed E-state index contributed by atoms with van der Waals surface area (Å²) in [6.07, 6.45) is 0.549. The van der Waals surface area contributed by atoms with E-state index in [4.69, 9.17) is 0 Å². The number of aromatic nitrogens is 4. The molecule has 0 bridgehead atoms. The quantitative estimate of drug-likeness (QED) is 0.748. The average molecular weight is 359 g/mol. The summed E-state index contributed by atoms with van der Waals surface area (Å²) in [5, 5.41) is 6.77. The summed E-state index contributed by atoms with van der Waals surface area (Å²) in [7, 11) is 0. The Kier molecular flexibility index (Phi) is 4.61. The lowest BCUT2D eigenvalue weighted by molar-refractivity contribution is 0.102. The minimum atomic E-state index is -1.12. The molecule has 134 valence electrons. The highest BCUT2D eigenvalue weighted by molar-refractivity contribution is 6.03. The summed E-state index contributed by atoms with van der Waals surface area (Å²) in [4.78, 5) is 30.9. The second kappa shape index (κ2) is 6.87. The number of benzene rings is 1. The van der Waals surface area contributed by atoms with Crippen molar-refractivity contribution in [2.24, 2.45) is 0 Å². The summed E-state index contributed by atoms with van der Waals surface area (Å²) in [6.45, 7) is 3.55. The van der Waals surface area contributed by atoms with Crippen LogP contribution >= 0.6 is 0 Å². The molecule has 0 saturated heterocycles. The third kappa shape index (κ3) is 3.51. The molecule has 0 saturated carbocycles.